The largest absolute Gasteiger partial charge is 0.478 e. The zero-order chi connectivity index (χ0) is 13.3. The average Bonchev–Trinajstić information content (AvgIpc) is 2.23. The van der Waals surface area contributed by atoms with Crippen molar-refractivity contribution >= 4 is 12.2 Å². The fourth-order valence-corrected chi connectivity index (χ4v) is 1.48. The molecule has 3 nitrogen and oxygen atoms in total. The van der Waals surface area contributed by atoms with Gasteiger partial charge in [0.15, 0.2) is 0 Å². The molecular weight excluding hydrogens is 214 g/mol. The van der Waals surface area contributed by atoms with Crippen molar-refractivity contribution in [3.05, 3.63) is 12.2 Å². The number of carboxylic acid groups (broad SMARTS) is 1. The molecule has 0 aromatic rings. The Bertz CT molecular complexity index is 269. The van der Waals surface area contributed by atoms with Crippen LogP contribution in [-0.2, 0) is 4.79 Å². The van der Waals surface area contributed by atoms with Gasteiger partial charge in [-0.25, -0.2) is 4.79 Å². The number of aliphatic carboxylic acids is 1. The lowest BCUT2D eigenvalue weighted by Gasteiger charge is -2.07. The van der Waals surface area contributed by atoms with E-state index in [4.69, 9.17) is 5.11 Å². The Kier molecular flexibility index (Phi) is 8.38. The average molecular weight is 239 g/mol. The Hall–Kier alpha value is -1.12. The molecule has 0 amide bonds. The van der Waals surface area contributed by atoms with Crippen LogP contribution in [0.4, 0.5) is 0 Å². The molecule has 0 spiro atoms. The van der Waals surface area contributed by atoms with Crippen LogP contribution in [0.5, 0.6) is 0 Å². The maximum Gasteiger partial charge on any atom is 0.331 e. The van der Waals surface area contributed by atoms with E-state index < -0.39 is 5.97 Å². The second kappa shape index (κ2) is 8.97. The van der Waals surface area contributed by atoms with Crippen molar-refractivity contribution in [3.63, 3.8) is 0 Å². The highest BCUT2D eigenvalue weighted by molar-refractivity contribution is 5.85. The number of carbonyl (C=O) groups is 1. The predicted molar refractivity (Wildman–Crippen MR) is 72.6 cm³/mol. The van der Waals surface area contributed by atoms with Crippen molar-refractivity contribution in [2.75, 3.05) is 6.54 Å². The van der Waals surface area contributed by atoms with Crippen molar-refractivity contribution in [2.24, 2.45) is 16.8 Å². The van der Waals surface area contributed by atoms with E-state index in [1.165, 1.54) is 12.8 Å². The molecule has 1 unspecified atom stereocenters. The first kappa shape index (κ1) is 15.9. The highest BCUT2D eigenvalue weighted by Gasteiger charge is 2.02. The number of hydrogen-bond donors (Lipinski definition) is 1. The Labute approximate surface area is 105 Å². The molecule has 0 aliphatic heterocycles. The first-order valence-corrected chi connectivity index (χ1v) is 6.34. The molecule has 0 rings (SSSR count). The van der Waals surface area contributed by atoms with Gasteiger partial charge in [0.2, 0.25) is 0 Å². The van der Waals surface area contributed by atoms with Gasteiger partial charge in [-0.2, -0.15) is 0 Å². The van der Waals surface area contributed by atoms with E-state index in [1.807, 2.05) is 6.21 Å². The first-order valence-electron chi connectivity index (χ1n) is 6.34. The van der Waals surface area contributed by atoms with E-state index in [1.54, 1.807) is 0 Å². The van der Waals surface area contributed by atoms with Crippen LogP contribution < -0.4 is 0 Å². The quantitative estimate of drug-likeness (QED) is 0.494. The van der Waals surface area contributed by atoms with E-state index in [-0.39, 0.29) is 5.57 Å². The van der Waals surface area contributed by atoms with E-state index in [0.29, 0.717) is 18.9 Å². The number of aliphatic imine (C=N–C) groups is 1. The summed E-state index contributed by atoms with van der Waals surface area (Å²) in [7, 11) is 0. The lowest BCUT2D eigenvalue weighted by atomic mass is 10.0. The zero-order valence-electron chi connectivity index (χ0n) is 11.3. The maximum absolute atomic E-state index is 10.5. The molecule has 1 atom stereocenters. The smallest absolute Gasteiger partial charge is 0.331 e. The monoisotopic (exact) mass is 239 g/mol. The minimum atomic E-state index is -0.926. The lowest BCUT2D eigenvalue weighted by molar-refractivity contribution is -0.132. The number of hydrogen-bond acceptors (Lipinski definition) is 2. The Balaban J connectivity index is 3.63. The third-order valence-electron chi connectivity index (χ3n) is 2.65. The van der Waals surface area contributed by atoms with Crippen LogP contribution in [0.3, 0.4) is 0 Å². The molecule has 98 valence electrons. The molecule has 0 aliphatic carbocycles. The number of nitrogens with zero attached hydrogens (tertiary/aromatic N) is 1. The summed E-state index contributed by atoms with van der Waals surface area (Å²) < 4.78 is 0. The fraction of sp³-hybridized carbons (Fsp3) is 0.714. The summed E-state index contributed by atoms with van der Waals surface area (Å²) in [6.07, 6.45) is 6.02. The van der Waals surface area contributed by atoms with Crippen molar-refractivity contribution in [3.8, 4) is 0 Å². The number of carboxylic acids is 1. The molecule has 0 bridgehead atoms. The molecular formula is C14H25NO2. The summed E-state index contributed by atoms with van der Waals surface area (Å²) in [6, 6.07) is 0. The molecule has 1 N–H and O–H groups in total. The van der Waals surface area contributed by atoms with Gasteiger partial charge in [-0.05, 0) is 24.7 Å². The summed E-state index contributed by atoms with van der Waals surface area (Å²) >= 11 is 0. The summed E-state index contributed by atoms with van der Waals surface area (Å²) in [6.45, 7) is 10.6. The summed E-state index contributed by atoms with van der Waals surface area (Å²) in [5.41, 5.74) is 0.231. The molecule has 0 aromatic heterocycles. The van der Waals surface area contributed by atoms with Crippen LogP contribution in [-0.4, -0.2) is 23.8 Å². The van der Waals surface area contributed by atoms with Gasteiger partial charge >= 0.3 is 5.97 Å². The van der Waals surface area contributed by atoms with Crippen LogP contribution in [0, 0.1) is 11.8 Å². The first-order chi connectivity index (χ1) is 7.93. The van der Waals surface area contributed by atoms with Crippen molar-refractivity contribution in [1.82, 2.24) is 0 Å². The van der Waals surface area contributed by atoms with E-state index >= 15 is 0 Å². The van der Waals surface area contributed by atoms with Gasteiger partial charge in [0.25, 0.3) is 0 Å². The Morgan fingerprint density at radius 2 is 2.00 bits per heavy atom. The fourth-order valence-electron chi connectivity index (χ4n) is 1.48. The highest BCUT2D eigenvalue weighted by Crippen LogP contribution is 2.11. The second-order valence-corrected chi connectivity index (χ2v) is 5.02. The summed E-state index contributed by atoms with van der Waals surface area (Å²) in [5.74, 6) is 0.315. The van der Waals surface area contributed by atoms with E-state index in [2.05, 4.69) is 32.3 Å². The number of rotatable bonds is 9. The Morgan fingerprint density at radius 1 is 1.35 bits per heavy atom. The zero-order valence-corrected chi connectivity index (χ0v) is 11.3. The van der Waals surface area contributed by atoms with Crippen molar-refractivity contribution < 1.29 is 9.90 Å². The standard InChI is InChI=1S/C14H25NO2/c1-11(2)6-5-7-12(3)10-15-9-8-13(4)14(16)17/h10-12H,4-9H2,1-3H3,(H,16,17). The molecule has 3 heteroatoms. The van der Waals surface area contributed by atoms with Gasteiger partial charge in [0.1, 0.15) is 0 Å². The Morgan fingerprint density at radius 3 is 2.53 bits per heavy atom. The van der Waals surface area contributed by atoms with Crippen LogP contribution in [0.2, 0.25) is 0 Å². The molecule has 17 heavy (non-hydrogen) atoms. The molecule has 0 aliphatic rings. The van der Waals surface area contributed by atoms with Crippen LogP contribution in [0.25, 0.3) is 0 Å². The second-order valence-electron chi connectivity index (χ2n) is 5.02. The maximum atomic E-state index is 10.5. The van der Waals surface area contributed by atoms with Crippen molar-refractivity contribution in [2.45, 2.75) is 46.5 Å². The van der Waals surface area contributed by atoms with E-state index in [0.717, 1.165) is 12.3 Å². The summed E-state index contributed by atoms with van der Waals surface area (Å²) in [4.78, 5) is 14.7. The van der Waals surface area contributed by atoms with Gasteiger partial charge in [0.05, 0.1) is 0 Å². The predicted octanol–water partition coefficient (Wildman–Crippen LogP) is 3.55. The van der Waals surface area contributed by atoms with Gasteiger partial charge in [0, 0.05) is 18.3 Å². The minimum Gasteiger partial charge on any atom is -0.478 e. The van der Waals surface area contributed by atoms with Crippen LogP contribution >= 0.6 is 0 Å². The highest BCUT2D eigenvalue weighted by atomic mass is 16.4. The lowest BCUT2D eigenvalue weighted by Crippen LogP contribution is -2.02. The molecule has 0 saturated carbocycles. The van der Waals surface area contributed by atoms with Gasteiger partial charge < -0.3 is 5.11 Å². The topological polar surface area (TPSA) is 49.7 Å². The van der Waals surface area contributed by atoms with E-state index in [9.17, 15) is 4.79 Å². The normalized spacial score (nSPS) is 13.2. The molecule has 0 fully saturated rings. The summed E-state index contributed by atoms with van der Waals surface area (Å²) in [5, 5.41) is 8.61. The van der Waals surface area contributed by atoms with Crippen molar-refractivity contribution in [1.29, 1.82) is 0 Å². The SMILES string of the molecule is C=C(CCN=CC(C)CCCC(C)C)C(=O)O. The molecule has 0 saturated heterocycles. The minimum absolute atomic E-state index is 0.231. The van der Waals surface area contributed by atoms with Gasteiger partial charge in [-0.3, -0.25) is 4.99 Å². The van der Waals surface area contributed by atoms with Crippen LogP contribution in [0.1, 0.15) is 46.5 Å². The van der Waals surface area contributed by atoms with Gasteiger partial charge in [-0.1, -0.05) is 40.2 Å². The van der Waals surface area contributed by atoms with Gasteiger partial charge in [-0.15, -0.1) is 0 Å². The third-order valence-corrected chi connectivity index (χ3v) is 2.65. The molecule has 0 radical (unpaired) electrons. The van der Waals surface area contributed by atoms with Crippen LogP contribution in [0.15, 0.2) is 17.1 Å². The molecule has 0 aromatic carbocycles. The molecule has 0 heterocycles. The third kappa shape index (κ3) is 9.79.